The largest absolute Gasteiger partial charge is 0.355 e. The fraction of sp³-hybridized carbons (Fsp3) is 0.455. The van der Waals surface area contributed by atoms with Gasteiger partial charge in [0.25, 0.3) is 0 Å². The number of hydrogen-bond acceptors (Lipinski definition) is 4. The zero-order valence-corrected chi connectivity index (χ0v) is 9.96. The maximum Gasteiger partial charge on any atom is 0.130 e. The van der Waals surface area contributed by atoms with Crippen molar-refractivity contribution in [2.24, 2.45) is 0 Å². The van der Waals surface area contributed by atoms with E-state index in [0.717, 1.165) is 24.6 Å². The first-order chi connectivity index (χ1) is 7.69. The Bertz CT molecular complexity index is 457. The minimum Gasteiger partial charge on any atom is -0.355 e. The molecule has 0 N–H and O–H groups in total. The highest BCUT2D eigenvalue weighted by molar-refractivity contribution is 7.85. The minimum absolute atomic E-state index is 0.634. The van der Waals surface area contributed by atoms with Crippen molar-refractivity contribution in [1.82, 2.24) is 4.98 Å². The normalized spacial score (nSPS) is 17.1. The van der Waals surface area contributed by atoms with Gasteiger partial charge in [-0.3, -0.25) is 4.21 Å². The summed E-state index contributed by atoms with van der Waals surface area (Å²) in [5.41, 5.74) is 1.48. The molecule has 1 aliphatic rings. The first kappa shape index (κ1) is 11.1. The molecule has 16 heavy (non-hydrogen) atoms. The van der Waals surface area contributed by atoms with Crippen molar-refractivity contribution in [2.75, 3.05) is 29.5 Å². The fourth-order valence-electron chi connectivity index (χ4n) is 1.74. The van der Waals surface area contributed by atoms with Gasteiger partial charge in [-0.25, -0.2) is 4.98 Å². The molecule has 0 amide bonds. The first-order valence-electron chi connectivity index (χ1n) is 5.18. The van der Waals surface area contributed by atoms with Gasteiger partial charge in [0, 0.05) is 41.1 Å². The molecule has 1 aromatic rings. The third kappa shape index (κ3) is 2.39. The Kier molecular flexibility index (Phi) is 3.20. The van der Waals surface area contributed by atoms with Gasteiger partial charge in [0.2, 0.25) is 0 Å². The smallest absolute Gasteiger partial charge is 0.130 e. The number of rotatable bonds is 1. The summed E-state index contributed by atoms with van der Waals surface area (Å²) in [7, 11) is -0.682. The van der Waals surface area contributed by atoms with Crippen LogP contribution in [0.15, 0.2) is 12.1 Å². The van der Waals surface area contributed by atoms with Crippen LogP contribution in [0.5, 0.6) is 0 Å². The SMILES string of the molecule is Cc1cc(C#N)cc(N2CCS(=O)CC2)n1. The Morgan fingerprint density at radius 3 is 2.75 bits per heavy atom. The molecule has 1 aromatic heterocycles. The zero-order valence-electron chi connectivity index (χ0n) is 9.14. The Labute approximate surface area is 97.4 Å². The first-order valence-corrected chi connectivity index (χ1v) is 6.66. The molecule has 4 nitrogen and oxygen atoms in total. The molecule has 0 saturated carbocycles. The van der Waals surface area contributed by atoms with Crippen LogP contribution in [-0.2, 0) is 10.8 Å². The van der Waals surface area contributed by atoms with E-state index < -0.39 is 10.8 Å². The Morgan fingerprint density at radius 2 is 2.12 bits per heavy atom. The summed E-state index contributed by atoms with van der Waals surface area (Å²) >= 11 is 0. The van der Waals surface area contributed by atoms with Gasteiger partial charge in [-0.05, 0) is 19.1 Å². The molecule has 5 heteroatoms. The number of aromatic nitrogens is 1. The number of hydrogen-bond donors (Lipinski definition) is 0. The van der Waals surface area contributed by atoms with Crippen molar-refractivity contribution in [3.8, 4) is 6.07 Å². The van der Waals surface area contributed by atoms with E-state index >= 15 is 0 Å². The molecule has 0 aliphatic carbocycles. The summed E-state index contributed by atoms with van der Waals surface area (Å²) in [6.07, 6.45) is 0. The molecule has 2 rings (SSSR count). The monoisotopic (exact) mass is 235 g/mol. The van der Waals surface area contributed by atoms with E-state index in [9.17, 15) is 4.21 Å². The number of pyridine rings is 1. The summed E-state index contributed by atoms with van der Waals surface area (Å²) in [6, 6.07) is 5.69. The summed E-state index contributed by atoms with van der Waals surface area (Å²) < 4.78 is 11.2. The molecule has 0 bridgehead atoms. The molecule has 2 heterocycles. The molecular weight excluding hydrogens is 222 g/mol. The second-order valence-electron chi connectivity index (χ2n) is 3.80. The highest BCUT2D eigenvalue weighted by Gasteiger charge is 2.16. The van der Waals surface area contributed by atoms with E-state index in [2.05, 4.69) is 16.0 Å². The van der Waals surface area contributed by atoms with Gasteiger partial charge in [-0.1, -0.05) is 0 Å². The highest BCUT2D eigenvalue weighted by Crippen LogP contribution is 2.16. The molecule has 0 atom stereocenters. The van der Waals surface area contributed by atoms with Gasteiger partial charge in [-0.2, -0.15) is 5.26 Å². The summed E-state index contributed by atoms with van der Waals surface area (Å²) in [6.45, 7) is 3.40. The molecule has 0 unspecified atom stereocenters. The van der Waals surface area contributed by atoms with Crippen LogP contribution in [0.2, 0.25) is 0 Å². The van der Waals surface area contributed by atoms with Gasteiger partial charge in [0.15, 0.2) is 0 Å². The summed E-state index contributed by atoms with van der Waals surface area (Å²) in [5.74, 6) is 2.21. The fourth-order valence-corrected chi connectivity index (χ4v) is 2.80. The van der Waals surface area contributed by atoms with E-state index in [1.807, 2.05) is 6.92 Å². The van der Waals surface area contributed by atoms with Gasteiger partial charge < -0.3 is 4.90 Å². The maximum absolute atomic E-state index is 11.2. The van der Waals surface area contributed by atoms with Crippen molar-refractivity contribution < 1.29 is 4.21 Å². The van der Waals surface area contributed by atoms with Crippen LogP contribution in [0.3, 0.4) is 0 Å². The van der Waals surface area contributed by atoms with E-state index in [-0.39, 0.29) is 0 Å². The lowest BCUT2D eigenvalue weighted by atomic mass is 10.2. The Balaban J connectivity index is 2.24. The predicted octanol–water partition coefficient (Wildman–Crippen LogP) is 0.830. The van der Waals surface area contributed by atoms with E-state index in [1.54, 1.807) is 12.1 Å². The Morgan fingerprint density at radius 1 is 1.44 bits per heavy atom. The lowest BCUT2D eigenvalue weighted by Gasteiger charge is -2.27. The number of nitriles is 1. The van der Waals surface area contributed by atoms with Crippen LogP contribution in [0.4, 0.5) is 5.82 Å². The molecule has 1 aliphatic heterocycles. The number of nitrogens with zero attached hydrogens (tertiary/aromatic N) is 3. The van der Waals surface area contributed by atoms with Crippen LogP contribution in [-0.4, -0.2) is 33.8 Å². The van der Waals surface area contributed by atoms with Crippen LogP contribution in [0.1, 0.15) is 11.3 Å². The lowest BCUT2D eigenvalue weighted by molar-refractivity contribution is 0.672. The van der Waals surface area contributed by atoms with Crippen molar-refractivity contribution >= 4 is 16.6 Å². The third-order valence-corrected chi connectivity index (χ3v) is 3.85. The van der Waals surface area contributed by atoms with E-state index in [0.29, 0.717) is 17.1 Å². The molecule has 0 aromatic carbocycles. The average Bonchev–Trinajstić information content (AvgIpc) is 2.29. The van der Waals surface area contributed by atoms with Crippen molar-refractivity contribution in [3.63, 3.8) is 0 Å². The summed E-state index contributed by atoms with van der Waals surface area (Å²) in [5, 5.41) is 8.88. The highest BCUT2D eigenvalue weighted by atomic mass is 32.2. The zero-order chi connectivity index (χ0) is 11.5. The quantitative estimate of drug-likeness (QED) is 0.723. The topological polar surface area (TPSA) is 57.0 Å². The maximum atomic E-state index is 11.2. The van der Waals surface area contributed by atoms with Crippen LogP contribution < -0.4 is 4.90 Å². The molecule has 1 saturated heterocycles. The van der Waals surface area contributed by atoms with Gasteiger partial charge >= 0.3 is 0 Å². The molecular formula is C11H13N3OS. The average molecular weight is 235 g/mol. The Hall–Kier alpha value is -1.41. The molecule has 0 radical (unpaired) electrons. The second kappa shape index (κ2) is 4.62. The second-order valence-corrected chi connectivity index (χ2v) is 5.50. The lowest BCUT2D eigenvalue weighted by Crippen LogP contribution is -2.38. The predicted molar refractivity (Wildman–Crippen MR) is 63.8 cm³/mol. The molecule has 0 spiro atoms. The standard InChI is InChI=1S/C11H13N3OS/c1-9-6-10(8-12)7-11(13-9)14-2-4-16(15)5-3-14/h6-7H,2-5H2,1H3. The van der Waals surface area contributed by atoms with E-state index in [4.69, 9.17) is 5.26 Å². The number of anilines is 1. The molecule has 84 valence electrons. The van der Waals surface area contributed by atoms with Crippen molar-refractivity contribution in [3.05, 3.63) is 23.4 Å². The number of aryl methyl sites for hydroxylation is 1. The van der Waals surface area contributed by atoms with Crippen molar-refractivity contribution in [1.29, 1.82) is 5.26 Å². The van der Waals surface area contributed by atoms with E-state index in [1.165, 1.54) is 0 Å². The van der Waals surface area contributed by atoms with Crippen molar-refractivity contribution in [2.45, 2.75) is 6.92 Å². The third-order valence-electron chi connectivity index (χ3n) is 2.57. The summed E-state index contributed by atoms with van der Waals surface area (Å²) in [4.78, 5) is 6.50. The van der Waals surface area contributed by atoms with Gasteiger partial charge in [0.05, 0.1) is 11.6 Å². The van der Waals surface area contributed by atoms with Crippen LogP contribution >= 0.6 is 0 Å². The van der Waals surface area contributed by atoms with Crippen LogP contribution in [0, 0.1) is 18.3 Å². The molecule has 1 fully saturated rings. The van der Waals surface area contributed by atoms with Gasteiger partial charge in [0.1, 0.15) is 5.82 Å². The minimum atomic E-state index is -0.682. The van der Waals surface area contributed by atoms with Gasteiger partial charge in [-0.15, -0.1) is 0 Å². The van der Waals surface area contributed by atoms with Crippen LogP contribution in [0.25, 0.3) is 0 Å².